The number of methoxy groups -OCH3 is 1. The molecule has 1 aromatic rings. The average molecular weight is 337 g/mol. The normalized spacial score (nSPS) is 11.3. The standard InChI is InChI=1S/C17H23NO6/c1-5-12(2)24-15-8-6-14(7-9-15)23-11-10-18(17(21)22-4)16(20)13(3)19/h6-9,12H,5,10-11H2,1-4H3. The van der Waals surface area contributed by atoms with Crippen LogP contribution in [-0.2, 0) is 14.3 Å². The van der Waals surface area contributed by atoms with E-state index in [2.05, 4.69) is 4.74 Å². The zero-order valence-corrected chi connectivity index (χ0v) is 14.4. The maximum atomic E-state index is 11.7. The predicted molar refractivity (Wildman–Crippen MR) is 87.1 cm³/mol. The number of benzene rings is 1. The summed E-state index contributed by atoms with van der Waals surface area (Å²) in [4.78, 5) is 35.0. The van der Waals surface area contributed by atoms with Gasteiger partial charge in [-0.1, -0.05) is 6.92 Å². The number of imide groups is 1. The zero-order valence-electron chi connectivity index (χ0n) is 14.4. The van der Waals surface area contributed by atoms with Crippen LogP contribution >= 0.6 is 0 Å². The van der Waals surface area contributed by atoms with Crippen molar-refractivity contribution in [2.45, 2.75) is 33.3 Å². The van der Waals surface area contributed by atoms with Gasteiger partial charge in [-0.3, -0.25) is 9.59 Å². The number of ketones is 1. The summed E-state index contributed by atoms with van der Waals surface area (Å²) in [7, 11) is 1.14. The lowest BCUT2D eigenvalue weighted by Gasteiger charge is -2.18. The molecule has 0 saturated carbocycles. The topological polar surface area (TPSA) is 82.1 Å². The van der Waals surface area contributed by atoms with Gasteiger partial charge in [0.2, 0.25) is 5.78 Å². The van der Waals surface area contributed by atoms with Gasteiger partial charge in [-0.2, -0.15) is 0 Å². The van der Waals surface area contributed by atoms with Crippen LogP contribution in [0.3, 0.4) is 0 Å². The van der Waals surface area contributed by atoms with Crippen molar-refractivity contribution in [1.29, 1.82) is 0 Å². The molecule has 0 aliphatic rings. The van der Waals surface area contributed by atoms with E-state index in [0.29, 0.717) is 10.6 Å². The average Bonchev–Trinajstić information content (AvgIpc) is 2.58. The first kappa shape index (κ1) is 19.5. The quantitative estimate of drug-likeness (QED) is 0.678. The lowest BCUT2D eigenvalue weighted by molar-refractivity contribution is -0.142. The van der Waals surface area contributed by atoms with Crippen LogP contribution in [0, 0.1) is 0 Å². The maximum absolute atomic E-state index is 11.7. The van der Waals surface area contributed by atoms with Gasteiger partial charge >= 0.3 is 6.09 Å². The second kappa shape index (κ2) is 9.54. The minimum absolute atomic E-state index is 0.0414. The number of Topliss-reactive ketones (excluding diaryl/α,β-unsaturated/α-hetero) is 1. The summed E-state index contributed by atoms with van der Waals surface area (Å²) in [5, 5.41) is 0. The Labute approximate surface area is 141 Å². The summed E-state index contributed by atoms with van der Waals surface area (Å²) < 4.78 is 15.6. The molecule has 0 bridgehead atoms. The maximum Gasteiger partial charge on any atom is 0.416 e. The molecule has 2 amide bonds. The van der Waals surface area contributed by atoms with Crippen molar-refractivity contribution < 1.29 is 28.6 Å². The molecule has 0 radical (unpaired) electrons. The minimum Gasteiger partial charge on any atom is -0.492 e. The molecule has 1 atom stereocenters. The van der Waals surface area contributed by atoms with Crippen molar-refractivity contribution >= 4 is 17.8 Å². The first-order chi connectivity index (χ1) is 11.4. The van der Waals surface area contributed by atoms with Crippen LogP contribution in [0.5, 0.6) is 11.5 Å². The van der Waals surface area contributed by atoms with Crippen molar-refractivity contribution in [3.63, 3.8) is 0 Å². The van der Waals surface area contributed by atoms with E-state index in [4.69, 9.17) is 9.47 Å². The third-order valence-corrected chi connectivity index (χ3v) is 3.26. The number of amides is 2. The number of carbonyl (C=O) groups excluding carboxylic acids is 3. The van der Waals surface area contributed by atoms with E-state index in [9.17, 15) is 14.4 Å². The molecular weight excluding hydrogens is 314 g/mol. The Kier molecular flexibility index (Phi) is 7.74. The molecule has 24 heavy (non-hydrogen) atoms. The van der Waals surface area contributed by atoms with Gasteiger partial charge in [-0.25, -0.2) is 9.69 Å². The Hall–Kier alpha value is -2.57. The molecule has 132 valence electrons. The van der Waals surface area contributed by atoms with Gasteiger partial charge in [0.05, 0.1) is 19.8 Å². The molecular formula is C17H23NO6. The summed E-state index contributed by atoms with van der Waals surface area (Å²) in [6.07, 6.45) is 0.144. The second-order valence-electron chi connectivity index (χ2n) is 5.14. The van der Waals surface area contributed by atoms with Gasteiger partial charge in [-0.15, -0.1) is 0 Å². The first-order valence-corrected chi connectivity index (χ1v) is 7.68. The van der Waals surface area contributed by atoms with E-state index in [1.165, 1.54) is 0 Å². The summed E-state index contributed by atoms with van der Waals surface area (Å²) in [6, 6.07) is 7.01. The minimum atomic E-state index is -0.928. The summed E-state index contributed by atoms with van der Waals surface area (Å²) in [6.45, 7) is 5.07. The fourth-order valence-electron chi connectivity index (χ4n) is 1.76. The molecule has 0 spiro atoms. The third kappa shape index (κ3) is 5.91. The van der Waals surface area contributed by atoms with Crippen molar-refractivity contribution in [3.8, 4) is 11.5 Å². The highest BCUT2D eigenvalue weighted by Gasteiger charge is 2.25. The van der Waals surface area contributed by atoms with Gasteiger partial charge in [0, 0.05) is 6.92 Å². The van der Waals surface area contributed by atoms with E-state index in [0.717, 1.165) is 26.2 Å². The van der Waals surface area contributed by atoms with E-state index in [1.54, 1.807) is 24.3 Å². The fourth-order valence-corrected chi connectivity index (χ4v) is 1.76. The first-order valence-electron chi connectivity index (χ1n) is 7.68. The molecule has 7 heteroatoms. The Balaban J connectivity index is 2.56. The summed E-state index contributed by atoms with van der Waals surface area (Å²) >= 11 is 0. The highest BCUT2D eigenvalue weighted by Crippen LogP contribution is 2.19. The second-order valence-corrected chi connectivity index (χ2v) is 5.14. The molecule has 0 fully saturated rings. The Morgan fingerprint density at radius 2 is 1.71 bits per heavy atom. The van der Waals surface area contributed by atoms with Crippen LogP contribution in [0.2, 0.25) is 0 Å². The molecule has 0 aliphatic carbocycles. The molecule has 1 unspecified atom stereocenters. The van der Waals surface area contributed by atoms with Crippen LogP contribution in [0.15, 0.2) is 24.3 Å². The molecule has 0 aromatic heterocycles. The van der Waals surface area contributed by atoms with Crippen molar-refractivity contribution in [2.75, 3.05) is 20.3 Å². The Morgan fingerprint density at radius 3 is 2.21 bits per heavy atom. The molecule has 0 aliphatic heterocycles. The van der Waals surface area contributed by atoms with E-state index in [-0.39, 0.29) is 19.3 Å². The smallest absolute Gasteiger partial charge is 0.416 e. The fraction of sp³-hybridized carbons (Fsp3) is 0.471. The number of nitrogens with zero attached hydrogens (tertiary/aromatic N) is 1. The number of hydrogen-bond acceptors (Lipinski definition) is 6. The van der Waals surface area contributed by atoms with Crippen LogP contribution in [0.4, 0.5) is 4.79 Å². The van der Waals surface area contributed by atoms with Crippen LogP contribution in [-0.4, -0.2) is 49.0 Å². The van der Waals surface area contributed by atoms with Gasteiger partial charge in [0.25, 0.3) is 5.91 Å². The number of ether oxygens (including phenoxy) is 3. The lowest BCUT2D eigenvalue weighted by Crippen LogP contribution is -2.42. The van der Waals surface area contributed by atoms with Crippen molar-refractivity contribution in [2.24, 2.45) is 0 Å². The van der Waals surface area contributed by atoms with Gasteiger partial charge in [0.1, 0.15) is 18.1 Å². The molecule has 1 rings (SSSR count). The molecule has 0 N–H and O–H groups in total. The highest BCUT2D eigenvalue weighted by atomic mass is 16.5. The SMILES string of the molecule is CCC(C)Oc1ccc(OCCN(C(=O)OC)C(=O)C(C)=O)cc1. The largest absolute Gasteiger partial charge is 0.492 e. The lowest BCUT2D eigenvalue weighted by atomic mass is 10.3. The predicted octanol–water partition coefficient (Wildman–Crippen LogP) is 2.43. The van der Waals surface area contributed by atoms with Crippen molar-refractivity contribution in [3.05, 3.63) is 24.3 Å². The van der Waals surface area contributed by atoms with Crippen LogP contribution in [0.1, 0.15) is 27.2 Å². The summed E-state index contributed by atoms with van der Waals surface area (Å²) in [5.74, 6) is -0.374. The van der Waals surface area contributed by atoms with Crippen LogP contribution < -0.4 is 9.47 Å². The zero-order chi connectivity index (χ0) is 18.1. The van der Waals surface area contributed by atoms with Gasteiger partial charge in [-0.05, 0) is 37.6 Å². The van der Waals surface area contributed by atoms with E-state index in [1.807, 2.05) is 13.8 Å². The molecule has 0 saturated heterocycles. The number of rotatable bonds is 8. The molecule has 0 heterocycles. The number of hydrogen-bond donors (Lipinski definition) is 0. The molecule has 7 nitrogen and oxygen atoms in total. The highest BCUT2D eigenvalue weighted by molar-refractivity contribution is 6.37. The monoisotopic (exact) mass is 337 g/mol. The van der Waals surface area contributed by atoms with Gasteiger partial charge in [0.15, 0.2) is 0 Å². The van der Waals surface area contributed by atoms with E-state index >= 15 is 0 Å². The van der Waals surface area contributed by atoms with Crippen LogP contribution in [0.25, 0.3) is 0 Å². The van der Waals surface area contributed by atoms with Crippen molar-refractivity contribution in [1.82, 2.24) is 4.90 Å². The molecule has 1 aromatic carbocycles. The Morgan fingerprint density at radius 1 is 1.12 bits per heavy atom. The van der Waals surface area contributed by atoms with E-state index < -0.39 is 17.8 Å². The van der Waals surface area contributed by atoms with Gasteiger partial charge < -0.3 is 14.2 Å². The Bertz CT molecular complexity index is 569. The summed E-state index contributed by atoms with van der Waals surface area (Å²) in [5.41, 5.74) is 0. The number of carbonyl (C=O) groups is 3. The third-order valence-electron chi connectivity index (χ3n) is 3.26.